The molecule has 1 atom stereocenters. The first kappa shape index (κ1) is 15.9. The molecule has 3 rings (SSSR count). The topological polar surface area (TPSA) is 56.9 Å². The van der Waals surface area contributed by atoms with Crippen molar-refractivity contribution in [2.75, 3.05) is 10.6 Å². The molecular weight excluding hydrogens is 298 g/mol. The molecule has 1 aromatic heterocycles. The zero-order chi connectivity index (χ0) is 16.8. The Morgan fingerprint density at radius 1 is 0.958 bits per heavy atom. The molecule has 0 radical (unpaired) electrons. The smallest absolute Gasteiger partial charge is 0.230 e. The standard InChI is InChI=1S/C20H21N3O/c1-15(16-6-3-2-4-7-16)22-17-9-11-18(12-10-17)23-20(24)14-19-8-5-13-21-19/h2-13,15,21-22H,14H2,1H3,(H,23,24). The molecule has 122 valence electrons. The molecule has 4 heteroatoms. The molecule has 0 fully saturated rings. The Morgan fingerprint density at radius 2 is 1.67 bits per heavy atom. The molecule has 0 aliphatic rings. The highest BCUT2D eigenvalue weighted by Gasteiger charge is 2.06. The van der Waals surface area contributed by atoms with Gasteiger partial charge in [0.05, 0.1) is 6.42 Å². The molecule has 0 saturated carbocycles. The average Bonchev–Trinajstić information content (AvgIpc) is 3.10. The molecule has 2 aromatic carbocycles. The number of anilines is 2. The third kappa shape index (κ3) is 4.26. The second-order valence-corrected chi connectivity index (χ2v) is 5.77. The van der Waals surface area contributed by atoms with Crippen molar-refractivity contribution in [1.29, 1.82) is 0 Å². The van der Waals surface area contributed by atoms with Gasteiger partial charge in [-0.15, -0.1) is 0 Å². The van der Waals surface area contributed by atoms with E-state index in [0.717, 1.165) is 17.1 Å². The van der Waals surface area contributed by atoms with Gasteiger partial charge in [0.2, 0.25) is 5.91 Å². The van der Waals surface area contributed by atoms with E-state index in [1.807, 2.05) is 60.8 Å². The lowest BCUT2D eigenvalue weighted by molar-refractivity contribution is -0.115. The van der Waals surface area contributed by atoms with E-state index in [2.05, 4.69) is 34.7 Å². The SMILES string of the molecule is CC(Nc1ccc(NC(=O)Cc2ccc[nH]2)cc1)c1ccccc1. The van der Waals surface area contributed by atoms with Gasteiger partial charge in [0, 0.05) is 29.3 Å². The molecule has 24 heavy (non-hydrogen) atoms. The molecule has 0 aliphatic carbocycles. The van der Waals surface area contributed by atoms with E-state index in [9.17, 15) is 4.79 Å². The second kappa shape index (κ2) is 7.51. The van der Waals surface area contributed by atoms with E-state index in [4.69, 9.17) is 0 Å². The molecule has 0 aliphatic heterocycles. The van der Waals surface area contributed by atoms with Crippen molar-refractivity contribution in [3.63, 3.8) is 0 Å². The summed E-state index contributed by atoms with van der Waals surface area (Å²) in [6.45, 7) is 2.13. The molecule has 0 saturated heterocycles. The Balaban J connectivity index is 1.56. The molecule has 3 aromatic rings. The van der Waals surface area contributed by atoms with Crippen LogP contribution in [-0.2, 0) is 11.2 Å². The summed E-state index contributed by atoms with van der Waals surface area (Å²) in [7, 11) is 0. The number of H-pyrrole nitrogens is 1. The minimum Gasteiger partial charge on any atom is -0.379 e. The zero-order valence-electron chi connectivity index (χ0n) is 13.6. The predicted octanol–water partition coefficient (Wildman–Crippen LogP) is 4.37. The fraction of sp³-hybridized carbons (Fsp3) is 0.150. The number of aromatic nitrogens is 1. The third-order valence-corrected chi connectivity index (χ3v) is 3.86. The predicted molar refractivity (Wildman–Crippen MR) is 98.0 cm³/mol. The average molecular weight is 319 g/mol. The van der Waals surface area contributed by atoms with Crippen LogP contribution in [0.4, 0.5) is 11.4 Å². The molecule has 1 heterocycles. The molecular formula is C20H21N3O. The van der Waals surface area contributed by atoms with Crippen molar-refractivity contribution < 1.29 is 4.79 Å². The third-order valence-electron chi connectivity index (χ3n) is 3.86. The highest BCUT2D eigenvalue weighted by atomic mass is 16.1. The summed E-state index contributed by atoms with van der Waals surface area (Å²) >= 11 is 0. The van der Waals surface area contributed by atoms with Gasteiger partial charge in [-0.25, -0.2) is 0 Å². The Morgan fingerprint density at radius 3 is 2.33 bits per heavy atom. The Labute approximate surface area is 141 Å². The number of carbonyl (C=O) groups excluding carboxylic acids is 1. The molecule has 0 bridgehead atoms. The summed E-state index contributed by atoms with van der Waals surface area (Å²) in [5.41, 5.74) is 3.96. The zero-order valence-corrected chi connectivity index (χ0v) is 13.6. The molecule has 0 spiro atoms. The van der Waals surface area contributed by atoms with Gasteiger partial charge in [-0.3, -0.25) is 4.79 Å². The Hall–Kier alpha value is -3.01. The lowest BCUT2D eigenvalue weighted by Gasteiger charge is -2.16. The van der Waals surface area contributed by atoms with E-state index in [0.29, 0.717) is 6.42 Å². The summed E-state index contributed by atoms with van der Waals surface area (Å²) in [5.74, 6) is -0.0317. The fourth-order valence-electron chi connectivity index (χ4n) is 2.58. The highest BCUT2D eigenvalue weighted by molar-refractivity contribution is 5.92. The number of aromatic amines is 1. The van der Waals surface area contributed by atoms with Crippen LogP contribution in [0.1, 0.15) is 24.2 Å². The maximum absolute atomic E-state index is 12.0. The van der Waals surface area contributed by atoms with Gasteiger partial charge in [0.1, 0.15) is 0 Å². The van der Waals surface area contributed by atoms with Crippen LogP contribution >= 0.6 is 0 Å². The quantitative estimate of drug-likeness (QED) is 0.632. The van der Waals surface area contributed by atoms with Crippen LogP contribution in [0.25, 0.3) is 0 Å². The van der Waals surface area contributed by atoms with Crippen molar-refractivity contribution in [2.24, 2.45) is 0 Å². The van der Waals surface area contributed by atoms with Crippen LogP contribution in [0, 0.1) is 0 Å². The minimum atomic E-state index is -0.0317. The van der Waals surface area contributed by atoms with E-state index >= 15 is 0 Å². The van der Waals surface area contributed by atoms with Crippen LogP contribution in [0.15, 0.2) is 72.9 Å². The summed E-state index contributed by atoms with van der Waals surface area (Å²) in [6, 6.07) is 22.1. The number of hydrogen-bond acceptors (Lipinski definition) is 2. The number of benzene rings is 2. The van der Waals surface area contributed by atoms with Gasteiger partial charge < -0.3 is 15.6 Å². The van der Waals surface area contributed by atoms with Crippen LogP contribution in [0.5, 0.6) is 0 Å². The molecule has 3 N–H and O–H groups in total. The molecule has 1 amide bonds. The maximum atomic E-state index is 12.0. The van der Waals surface area contributed by atoms with Crippen molar-refractivity contribution >= 4 is 17.3 Å². The maximum Gasteiger partial charge on any atom is 0.230 e. The van der Waals surface area contributed by atoms with E-state index < -0.39 is 0 Å². The van der Waals surface area contributed by atoms with Crippen molar-refractivity contribution in [1.82, 2.24) is 4.98 Å². The lowest BCUT2D eigenvalue weighted by Crippen LogP contribution is -2.14. The van der Waals surface area contributed by atoms with Crippen LogP contribution in [-0.4, -0.2) is 10.9 Å². The second-order valence-electron chi connectivity index (χ2n) is 5.77. The van der Waals surface area contributed by atoms with E-state index in [1.165, 1.54) is 5.56 Å². The fourth-order valence-corrected chi connectivity index (χ4v) is 2.58. The van der Waals surface area contributed by atoms with E-state index in [-0.39, 0.29) is 11.9 Å². The number of hydrogen-bond donors (Lipinski definition) is 3. The number of carbonyl (C=O) groups is 1. The molecule has 4 nitrogen and oxygen atoms in total. The van der Waals surface area contributed by atoms with Gasteiger partial charge in [0.25, 0.3) is 0 Å². The lowest BCUT2D eigenvalue weighted by atomic mass is 10.1. The largest absolute Gasteiger partial charge is 0.379 e. The summed E-state index contributed by atoms with van der Waals surface area (Å²) < 4.78 is 0. The van der Waals surface area contributed by atoms with Gasteiger partial charge in [0.15, 0.2) is 0 Å². The van der Waals surface area contributed by atoms with Crippen LogP contribution in [0.2, 0.25) is 0 Å². The minimum absolute atomic E-state index is 0.0317. The Bertz CT molecular complexity index is 764. The first-order valence-electron chi connectivity index (χ1n) is 8.04. The summed E-state index contributed by atoms with van der Waals surface area (Å²) in [4.78, 5) is 15.0. The van der Waals surface area contributed by atoms with Gasteiger partial charge in [-0.05, 0) is 48.9 Å². The number of amides is 1. The normalized spacial score (nSPS) is 11.7. The summed E-state index contributed by atoms with van der Waals surface area (Å²) in [5, 5.41) is 6.36. The van der Waals surface area contributed by atoms with Gasteiger partial charge in [-0.2, -0.15) is 0 Å². The van der Waals surface area contributed by atoms with Crippen molar-refractivity contribution in [2.45, 2.75) is 19.4 Å². The molecule has 1 unspecified atom stereocenters. The van der Waals surface area contributed by atoms with Gasteiger partial charge in [-0.1, -0.05) is 30.3 Å². The first-order chi connectivity index (χ1) is 11.7. The summed E-state index contributed by atoms with van der Waals surface area (Å²) in [6.07, 6.45) is 2.16. The van der Waals surface area contributed by atoms with Crippen LogP contribution < -0.4 is 10.6 Å². The van der Waals surface area contributed by atoms with Crippen molar-refractivity contribution in [3.8, 4) is 0 Å². The van der Waals surface area contributed by atoms with E-state index in [1.54, 1.807) is 0 Å². The highest BCUT2D eigenvalue weighted by Crippen LogP contribution is 2.20. The Kier molecular flexibility index (Phi) is 4.96. The monoisotopic (exact) mass is 319 g/mol. The number of rotatable bonds is 6. The van der Waals surface area contributed by atoms with Gasteiger partial charge >= 0.3 is 0 Å². The van der Waals surface area contributed by atoms with Crippen molar-refractivity contribution in [3.05, 3.63) is 84.2 Å². The number of nitrogens with one attached hydrogen (secondary N) is 3. The first-order valence-corrected chi connectivity index (χ1v) is 8.04. The van der Waals surface area contributed by atoms with Crippen LogP contribution in [0.3, 0.4) is 0 Å².